The second-order valence-corrected chi connectivity index (χ2v) is 3.93. The molecule has 0 aliphatic rings. The Morgan fingerprint density at radius 3 is 2.27 bits per heavy atom. The molecule has 0 amide bonds. The number of halogens is 6. The molecule has 0 atom stereocenters. The average Bonchev–Trinajstić information content (AvgIpc) is 2.35. The Morgan fingerprint density at radius 1 is 1.27 bits per heavy atom. The Labute approximate surface area is 120 Å². The second kappa shape index (κ2) is 6.38. The van der Waals surface area contributed by atoms with Crippen LogP contribution in [-0.2, 0) is 28.7 Å². The topological polar surface area (TPSA) is 74.4 Å². The van der Waals surface area contributed by atoms with Crippen molar-refractivity contribution in [2.75, 3.05) is 7.11 Å². The maximum Gasteiger partial charge on any atom is 0.573 e. The van der Waals surface area contributed by atoms with Gasteiger partial charge in [-0.2, -0.15) is 13.2 Å². The Hall–Kier alpha value is -2.04. The molecule has 2 N–H and O–H groups in total. The first-order chi connectivity index (χ1) is 9.99. The van der Waals surface area contributed by atoms with Crippen molar-refractivity contribution in [1.29, 1.82) is 0 Å². The van der Waals surface area contributed by atoms with E-state index in [0.717, 1.165) is 7.11 Å². The number of pyridine rings is 1. The van der Waals surface area contributed by atoms with Gasteiger partial charge in [0, 0.05) is 18.3 Å². The van der Waals surface area contributed by atoms with E-state index >= 15 is 0 Å². The maximum absolute atomic E-state index is 12.8. The lowest BCUT2D eigenvalue weighted by Gasteiger charge is -2.19. The number of alkyl halides is 6. The number of nitrogens with zero attached hydrogens (tertiary/aromatic N) is 1. The highest BCUT2D eigenvalue weighted by molar-refractivity contribution is 5.72. The molecule has 0 spiro atoms. The summed E-state index contributed by atoms with van der Waals surface area (Å²) in [4.78, 5) is 14.5. The number of nitrogens with two attached hydrogens (primary N) is 1. The minimum Gasteiger partial charge on any atom is -0.469 e. The molecule has 0 aliphatic heterocycles. The van der Waals surface area contributed by atoms with Gasteiger partial charge in [-0.05, 0) is 0 Å². The first-order valence-electron chi connectivity index (χ1n) is 5.60. The number of methoxy groups -OCH3 is 1. The molecule has 22 heavy (non-hydrogen) atoms. The zero-order valence-corrected chi connectivity index (χ0v) is 11.0. The lowest BCUT2D eigenvalue weighted by Crippen LogP contribution is -2.24. The van der Waals surface area contributed by atoms with Crippen LogP contribution in [0.2, 0.25) is 0 Å². The average molecular weight is 332 g/mol. The van der Waals surface area contributed by atoms with Crippen molar-refractivity contribution in [3.05, 3.63) is 23.0 Å². The third-order valence-electron chi connectivity index (χ3n) is 2.48. The molecule has 11 heteroatoms. The van der Waals surface area contributed by atoms with Gasteiger partial charge in [0.15, 0.2) is 0 Å². The van der Waals surface area contributed by atoms with E-state index in [1.807, 2.05) is 0 Å². The summed E-state index contributed by atoms with van der Waals surface area (Å²) < 4.78 is 83.1. The fraction of sp³-hybridized carbons (Fsp3) is 0.455. The Kier molecular flexibility index (Phi) is 5.22. The van der Waals surface area contributed by atoms with E-state index in [-0.39, 0.29) is 11.9 Å². The van der Waals surface area contributed by atoms with Gasteiger partial charge < -0.3 is 15.2 Å². The normalized spacial score (nSPS) is 12.2. The summed E-state index contributed by atoms with van der Waals surface area (Å²) in [6.45, 7) is -0.741. The minimum atomic E-state index is -5.37. The molecule has 0 fully saturated rings. The molecular formula is C11H10F6N2O3. The first kappa shape index (κ1) is 18.0. The van der Waals surface area contributed by atoms with E-state index in [2.05, 4.69) is 14.5 Å². The van der Waals surface area contributed by atoms with Crippen LogP contribution in [-0.4, -0.2) is 24.4 Å². The number of ether oxygens (including phenoxy) is 2. The summed E-state index contributed by atoms with van der Waals surface area (Å²) >= 11 is 0. The van der Waals surface area contributed by atoms with Gasteiger partial charge in [-0.3, -0.25) is 9.78 Å². The van der Waals surface area contributed by atoms with Crippen LogP contribution in [0.15, 0.2) is 6.20 Å². The molecule has 1 heterocycles. The third-order valence-corrected chi connectivity index (χ3v) is 2.48. The molecule has 1 aromatic heterocycles. The van der Waals surface area contributed by atoms with Crippen LogP contribution < -0.4 is 10.5 Å². The smallest absolute Gasteiger partial charge is 0.469 e. The highest BCUT2D eigenvalue weighted by atomic mass is 19.4. The lowest BCUT2D eigenvalue weighted by atomic mass is 10.1. The van der Waals surface area contributed by atoms with E-state index in [4.69, 9.17) is 5.73 Å². The SMILES string of the molecule is COC(=O)Cc1ncc(C(F)(F)F)c(OC(F)(F)F)c1CN. The van der Waals surface area contributed by atoms with Crippen LogP contribution in [0, 0.1) is 0 Å². The zero-order chi connectivity index (χ0) is 17.1. The van der Waals surface area contributed by atoms with E-state index in [0.29, 0.717) is 0 Å². The molecule has 0 bridgehead atoms. The number of esters is 1. The van der Waals surface area contributed by atoms with Crippen LogP contribution in [0.25, 0.3) is 0 Å². The summed E-state index contributed by atoms with van der Waals surface area (Å²) in [6, 6.07) is 0. The fourth-order valence-corrected chi connectivity index (χ4v) is 1.58. The molecule has 0 saturated carbocycles. The van der Waals surface area contributed by atoms with Crippen molar-refractivity contribution in [2.45, 2.75) is 25.5 Å². The quantitative estimate of drug-likeness (QED) is 0.676. The van der Waals surface area contributed by atoms with Crippen molar-refractivity contribution in [1.82, 2.24) is 4.98 Å². The van der Waals surface area contributed by atoms with Gasteiger partial charge in [-0.25, -0.2) is 0 Å². The van der Waals surface area contributed by atoms with Crippen LogP contribution in [0.5, 0.6) is 5.75 Å². The standard InChI is InChI=1S/C11H10F6N2O3/c1-21-8(20)2-7-5(3-18)9(22-11(15,16)17)6(4-19-7)10(12,13)14/h4H,2-3,18H2,1H3. The molecule has 0 radical (unpaired) electrons. The molecule has 0 aromatic carbocycles. The summed E-state index contributed by atoms with van der Waals surface area (Å²) in [5.74, 6) is -2.42. The van der Waals surface area contributed by atoms with Gasteiger partial charge in [-0.1, -0.05) is 0 Å². The van der Waals surface area contributed by atoms with Crippen LogP contribution in [0.4, 0.5) is 26.3 Å². The zero-order valence-electron chi connectivity index (χ0n) is 11.0. The van der Waals surface area contributed by atoms with Crippen molar-refractivity contribution in [3.63, 3.8) is 0 Å². The van der Waals surface area contributed by atoms with Gasteiger partial charge in [0.05, 0.1) is 19.2 Å². The number of rotatable bonds is 4. The van der Waals surface area contributed by atoms with Crippen molar-refractivity contribution in [2.24, 2.45) is 5.73 Å². The predicted molar refractivity (Wildman–Crippen MR) is 59.5 cm³/mol. The molecule has 124 valence electrons. The highest BCUT2D eigenvalue weighted by Gasteiger charge is 2.41. The molecule has 1 aromatic rings. The molecule has 0 unspecified atom stereocenters. The second-order valence-electron chi connectivity index (χ2n) is 3.93. The van der Waals surface area contributed by atoms with E-state index in [1.165, 1.54) is 0 Å². The first-order valence-corrected chi connectivity index (χ1v) is 5.60. The summed E-state index contributed by atoms with van der Waals surface area (Å²) in [5.41, 5.74) is 2.40. The van der Waals surface area contributed by atoms with Crippen LogP contribution in [0.1, 0.15) is 16.8 Å². The van der Waals surface area contributed by atoms with Crippen molar-refractivity contribution < 1.29 is 40.6 Å². The predicted octanol–water partition coefficient (Wildman–Crippen LogP) is 2.17. The Balaban J connectivity index is 3.48. The van der Waals surface area contributed by atoms with Crippen LogP contribution >= 0.6 is 0 Å². The minimum absolute atomic E-state index is 0.151. The fourth-order valence-electron chi connectivity index (χ4n) is 1.58. The summed E-state index contributed by atoms with van der Waals surface area (Å²) in [7, 11) is 1.00. The number of carbonyl (C=O) groups is 1. The third kappa shape index (κ3) is 4.48. The number of hydrogen-bond donors (Lipinski definition) is 1. The number of aromatic nitrogens is 1. The molecule has 0 aliphatic carbocycles. The van der Waals surface area contributed by atoms with Gasteiger partial charge in [0.25, 0.3) is 0 Å². The Bertz CT molecular complexity index is 556. The summed E-state index contributed by atoms with van der Waals surface area (Å²) in [5, 5.41) is 0. The lowest BCUT2D eigenvalue weighted by molar-refractivity contribution is -0.276. The van der Waals surface area contributed by atoms with Gasteiger partial charge in [0.2, 0.25) is 0 Å². The van der Waals surface area contributed by atoms with E-state index in [9.17, 15) is 31.1 Å². The van der Waals surface area contributed by atoms with E-state index in [1.54, 1.807) is 0 Å². The van der Waals surface area contributed by atoms with Gasteiger partial charge >= 0.3 is 18.5 Å². The van der Waals surface area contributed by atoms with Gasteiger partial charge in [0.1, 0.15) is 11.3 Å². The Morgan fingerprint density at radius 2 is 1.86 bits per heavy atom. The molecule has 5 nitrogen and oxygen atoms in total. The number of hydrogen-bond acceptors (Lipinski definition) is 5. The maximum atomic E-state index is 12.8. The molecule has 1 rings (SSSR count). The van der Waals surface area contributed by atoms with Crippen molar-refractivity contribution >= 4 is 5.97 Å². The number of carbonyl (C=O) groups excluding carboxylic acids is 1. The van der Waals surface area contributed by atoms with Gasteiger partial charge in [-0.15, -0.1) is 13.2 Å². The molecule has 0 saturated heterocycles. The highest BCUT2D eigenvalue weighted by Crippen LogP contribution is 2.40. The summed E-state index contributed by atoms with van der Waals surface area (Å²) in [6.07, 6.45) is -11.0. The van der Waals surface area contributed by atoms with Crippen molar-refractivity contribution in [3.8, 4) is 5.75 Å². The largest absolute Gasteiger partial charge is 0.573 e. The molecular weight excluding hydrogens is 322 g/mol. The monoisotopic (exact) mass is 332 g/mol. The van der Waals surface area contributed by atoms with E-state index < -0.39 is 48.3 Å². The van der Waals surface area contributed by atoms with Crippen LogP contribution in [0.3, 0.4) is 0 Å².